The second-order valence-corrected chi connectivity index (χ2v) is 14.8. The summed E-state index contributed by atoms with van der Waals surface area (Å²) < 4.78 is 11.1. The van der Waals surface area contributed by atoms with E-state index in [0.29, 0.717) is 37.0 Å². The SMILES string of the molecule is CC[C@H](C)CC(=O)N1CCC[C@H]1c1ncc(-c2ccc3c(c2)Oc2ncc(-c4cnc([C@@H]5CCCN5C(=O)[C@@H](NC(=O)OC)[C@@H](C)CC)[nH]4)cc2C3)[nH]1. The molecule has 13 nitrogen and oxygen atoms in total. The van der Waals surface area contributed by atoms with Gasteiger partial charge >= 0.3 is 6.09 Å². The Bertz CT molecular complexity index is 1970. The molecule has 0 radical (unpaired) electrons. The Labute approximate surface area is 310 Å². The Morgan fingerprint density at radius 1 is 0.887 bits per heavy atom. The minimum atomic E-state index is -0.678. The Morgan fingerprint density at radius 2 is 1.57 bits per heavy atom. The second-order valence-electron chi connectivity index (χ2n) is 14.8. The molecule has 3 aliphatic heterocycles. The Balaban J connectivity index is 1.04. The largest absolute Gasteiger partial charge is 0.453 e. The third-order valence-corrected chi connectivity index (χ3v) is 11.3. The first kappa shape index (κ1) is 36.2. The molecular formula is C40H50N8O5. The highest BCUT2D eigenvalue weighted by atomic mass is 16.5. The van der Waals surface area contributed by atoms with Crippen LogP contribution in [0.25, 0.3) is 22.5 Å². The van der Waals surface area contributed by atoms with Crippen molar-refractivity contribution in [3.8, 4) is 34.1 Å². The molecule has 0 bridgehead atoms. The summed E-state index contributed by atoms with van der Waals surface area (Å²) >= 11 is 0. The zero-order valence-electron chi connectivity index (χ0n) is 31.3. The lowest BCUT2D eigenvalue weighted by molar-refractivity contribution is -0.136. The van der Waals surface area contributed by atoms with Gasteiger partial charge in [0.05, 0.1) is 43.0 Å². The number of alkyl carbamates (subject to hydrolysis) is 1. The van der Waals surface area contributed by atoms with Crippen LogP contribution >= 0.6 is 0 Å². The molecule has 2 fully saturated rings. The number of H-pyrrole nitrogens is 2. The minimum absolute atomic E-state index is 0.0256. The molecule has 3 aromatic heterocycles. The number of aromatic amines is 2. The molecule has 4 aromatic rings. The van der Waals surface area contributed by atoms with Gasteiger partial charge in [-0.2, -0.15) is 0 Å². The highest BCUT2D eigenvalue weighted by molar-refractivity contribution is 5.86. The quantitative estimate of drug-likeness (QED) is 0.130. The molecule has 3 N–H and O–H groups in total. The van der Waals surface area contributed by atoms with Crippen molar-refractivity contribution in [1.29, 1.82) is 0 Å². The van der Waals surface area contributed by atoms with Crippen LogP contribution in [0.2, 0.25) is 0 Å². The summed E-state index contributed by atoms with van der Waals surface area (Å²) in [5, 5.41) is 2.75. The highest BCUT2D eigenvalue weighted by Gasteiger charge is 2.38. The summed E-state index contributed by atoms with van der Waals surface area (Å²) in [6.45, 7) is 9.57. The molecule has 6 heterocycles. The van der Waals surface area contributed by atoms with Gasteiger partial charge in [-0.15, -0.1) is 0 Å². The first-order chi connectivity index (χ1) is 25.7. The maximum absolute atomic E-state index is 13.7. The standard InChI is InChI=1S/C40H50N8O5/c1-6-23(3)16-34(49)47-14-8-10-31(47)36-41-21-29(44-36)25-12-13-26-17-27-18-28(20-43-38(27)53-33(26)19-25)30-22-42-37(45-30)32-11-9-15-48(32)39(50)35(24(4)7-2)46-40(51)52-5/h12-13,18-24,31-32,35H,6-11,14-17H2,1-5H3,(H,41,44)(H,42,45)(H,46,51)/t23-,24-,31-,32-,35-/m0/s1. The van der Waals surface area contributed by atoms with Crippen LogP contribution in [0.1, 0.15) is 108 Å². The molecule has 53 heavy (non-hydrogen) atoms. The molecule has 0 unspecified atom stereocenters. The predicted molar refractivity (Wildman–Crippen MR) is 199 cm³/mol. The van der Waals surface area contributed by atoms with E-state index >= 15 is 0 Å². The van der Waals surface area contributed by atoms with Gasteiger partial charge in [-0.25, -0.2) is 19.7 Å². The van der Waals surface area contributed by atoms with Crippen molar-refractivity contribution in [3.63, 3.8) is 0 Å². The number of rotatable bonds is 11. The number of carbonyl (C=O) groups excluding carboxylic acids is 3. The van der Waals surface area contributed by atoms with Crippen molar-refractivity contribution in [1.82, 2.24) is 40.0 Å². The molecule has 0 saturated carbocycles. The summed E-state index contributed by atoms with van der Waals surface area (Å²) in [5.41, 5.74) is 5.54. The number of nitrogens with zero attached hydrogens (tertiary/aromatic N) is 5. The van der Waals surface area contributed by atoms with Crippen molar-refractivity contribution < 1.29 is 23.9 Å². The van der Waals surface area contributed by atoms with E-state index in [2.05, 4.69) is 47.3 Å². The molecule has 13 heteroatoms. The molecule has 0 spiro atoms. The molecular weight excluding hydrogens is 672 g/mol. The van der Waals surface area contributed by atoms with Crippen LogP contribution in [-0.4, -0.2) is 78.9 Å². The lowest BCUT2D eigenvalue weighted by Gasteiger charge is -2.30. The van der Waals surface area contributed by atoms with E-state index in [0.717, 1.165) is 90.3 Å². The van der Waals surface area contributed by atoms with Crippen molar-refractivity contribution >= 4 is 17.9 Å². The number of imidazole rings is 2. The van der Waals surface area contributed by atoms with Gasteiger partial charge in [0.2, 0.25) is 17.7 Å². The molecule has 280 valence electrons. The van der Waals surface area contributed by atoms with Gasteiger partial charge in [-0.3, -0.25) is 9.59 Å². The van der Waals surface area contributed by atoms with E-state index in [9.17, 15) is 14.4 Å². The number of aromatic nitrogens is 5. The highest BCUT2D eigenvalue weighted by Crippen LogP contribution is 2.40. The lowest BCUT2D eigenvalue weighted by atomic mass is 9.97. The monoisotopic (exact) mass is 722 g/mol. The predicted octanol–water partition coefficient (Wildman–Crippen LogP) is 7.09. The Morgan fingerprint density at radius 3 is 2.25 bits per heavy atom. The van der Waals surface area contributed by atoms with Gasteiger partial charge in [-0.05, 0) is 55.2 Å². The number of hydrogen-bond donors (Lipinski definition) is 3. The van der Waals surface area contributed by atoms with Crippen molar-refractivity contribution in [2.75, 3.05) is 20.2 Å². The molecule has 3 aliphatic rings. The van der Waals surface area contributed by atoms with Crippen LogP contribution < -0.4 is 10.1 Å². The van der Waals surface area contributed by atoms with Crippen LogP contribution in [0.4, 0.5) is 4.79 Å². The fraction of sp³-hybridized carbons (Fsp3) is 0.500. The van der Waals surface area contributed by atoms with E-state index in [1.165, 1.54) is 7.11 Å². The average molecular weight is 723 g/mol. The number of nitrogens with one attached hydrogen (secondary N) is 3. The first-order valence-corrected chi connectivity index (χ1v) is 19.0. The number of amides is 3. The molecule has 7 rings (SSSR count). The zero-order valence-corrected chi connectivity index (χ0v) is 31.3. The van der Waals surface area contributed by atoms with Crippen LogP contribution in [0, 0.1) is 11.8 Å². The molecule has 2 saturated heterocycles. The number of hydrogen-bond acceptors (Lipinski definition) is 8. The molecule has 3 amide bonds. The van der Waals surface area contributed by atoms with Gasteiger partial charge in [0.15, 0.2) is 0 Å². The summed E-state index contributed by atoms with van der Waals surface area (Å²) in [7, 11) is 1.30. The fourth-order valence-electron chi connectivity index (χ4n) is 7.71. The first-order valence-electron chi connectivity index (χ1n) is 19.0. The van der Waals surface area contributed by atoms with Gasteiger partial charge in [0.1, 0.15) is 23.4 Å². The number of ether oxygens (including phenoxy) is 2. The third-order valence-electron chi connectivity index (χ3n) is 11.3. The van der Waals surface area contributed by atoms with Gasteiger partial charge in [0.25, 0.3) is 0 Å². The average Bonchev–Trinajstić information content (AvgIpc) is 4.01. The topological polar surface area (TPSA) is 158 Å². The lowest BCUT2D eigenvalue weighted by Crippen LogP contribution is -2.51. The van der Waals surface area contributed by atoms with Crippen LogP contribution in [0.15, 0.2) is 42.9 Å². The van der Waals surface area contributed by atoms with E-state index < -0.39 is 12.1 Å². The summed E-state index contributed by atoms with van der Waals surface area (Å²) in [6, 6.07) is 7.32. The maximum atomic E-state index is 13.7. The number of pyridine rings is 1. The maximum Gasteiger partial charge on any atom is 0.407 e. The summed E-state index contributed by atoms with van der Waals surface area (Å²) in [5.74, 6) is 3.24. The Hall–Kier alpha value is -5.20. The number of benzene rings is 1. The van der Waals surface area contributed by atoms with Crippen molar-refractivity contribution in [3.05, 3.63) is 65.6 Å². The van der Waals surface area contributed by atoms with Gasteiger partial charge < -0.3 is 34.6 Å². The summed E-state index contributed by atoms with van der Waals surface area (Å²) in [6.07, 6.45) is 11.3. The second kappa shape index (κ2) is 15.4. The van der Waals surface area contributed by atoms with Gasteiger partial charge in [0, 0.05) is 48.8 Å². The van der Waals surface area contributed by atoms with Crippen molar-refractivity contribution in [2.45, 2.75) is 97.2 Å². The third kappa shape index (κ3) is 7.38. The minimum Gasteiger partial charge on any atom is -0.453 e. The molecule has 5 atom stereocenters. The molecule has 1 aromatic carbocycles. The summed E-state index contributed by atoms with van der Waals surface area (Å²) in [4.78, 5) is 63.7. The van der Waals surface area contributed by atoms with Crippen LogP contribution in [0.5, 0.6) is 11.6 Å². The number of fused-ring (bicyclic) bond motifs is 2. The fourth-order valence-corrected chi connectivity index (χ4v) is 7.71. The number of likely N-dealkylation sites (tertiary alicyclic amines) is 2. The zero-order chi connectivity index (χ0) is 37.2. The van der Waals surface area contributed by atoms with E-state index in [1.807, 2.05) is 35.9 Å². The van der Waals surface area contributed by atoms with E-state index in [4.69, 9.17) is 24.4 Å². The van der Waals surface area contributed by atoms with Crippen LogP contribution in [-0.2, 0) is 20.7 Å². The van der Waals surface area contributed by atoms with E-state index in [1.54, 1.807) is 12.4 Å². The van der Waals surface area contributed by atoms with Crippen molar-refractivity contribution in [2.24, 2.45) is 11.8 Å². The number of carbonyl (C=O) groups is 3. The van der Waals surface area contributed by atoms with E-state index in [-0.39, 0.29) is 29.8 Å². The molecule has 0 aliphatic carbocycles. The van der Waals surface area contributed by atoms with Crippen LogP contribution in [0.3, 0.4) is 0 Å². The number of methoxy groups -OCH3 is 1. The normalized spacial score (nSPS) is 19.6. The smallest absolute Gasteiger partial charge is 0.407 e. The Kier molecular flexibility index (Phi) is 10.5. The van der Waals surface area contributed by atoms with Gasteiger partial charge in [-0.1, -0.05) is 52.7 Å².